The Bertz CT molecular complexity index is 1160. The number of aromatic hydroxyl groups is 1. The molecule has 1 aliphatic heterocycles. The lowest BCUT2D eigenvalue weighted by Crippen LogP contribution is -2.39. The lowest BCUT2D eigenvalue weighted by Gasteiger charge is -2.21. The zero-order valence-corrected chi connectivity index (χ0v) is 17.9. The van der Waals surface area contributed by atoms with E-state index < -0.39 is 62.7 Å². The van der Waals surface area contributed by atoms with E-state index in [0.29, 0.717) is 12.1 Å². The lowest BCUT2D eigenvalue weighted by atomic mass is 10.1. The van der Waals surface area contributed by atoms with E-state index >= 15 is 0 Å². The predicted octanol–water partition coefficient (Wildman–Crippen LogP) is 3.11. The summed E-state index contributed by atoms with van der Waals surface area (Å²) < 4.78 is 99.3. The number of hydrogen-bond donors (Lipinski definition) is 3. The van der Waals surface area contributed by atoms with Crippen molar-refractivity contribution in [3.8, 4) is 11.8 Å². The summed E-state index contributed by atoms with van der Waals surface area (Å²) in [5.41, 5.74) is -4.10. The number of benzene rings is 2. The van der Waals surface area contributed by atoms with Crippen LogP contribution >= 0.6 is 0 Å². The second-order valence-corrected chi connectivity index (χ2v) is 9.24. The van der Waals surface area contributed by atoms with E-state index in [1.807, 2.05) is 0 Å². The number of aliphatic hydroxyl groups is 2. The molecule has 34 heavy (non-hydrogen) atoms. The molecule has 0 saturated carbocycles. The van der Waals surface area contributed by atoms with Crippen LogP contribution in [0.15, 0.2) is 47.4 Å². The lowest BCUT2D eigenvalue weighted by molar-refractivity contribution is -0.138. The number of alkyl halides is 6. The molecule has 3 N–H and O–H groups in total. The molecule has 1 aliphatic rings. The quantitative estimate of drug-likeness (QED) is 0.544. The first-order valence-corrected chi connectivity index (χ1v) is 10.8. The maximum absolute atomic E-state index is 12.7. The summed E-state index contributed by atoms with van der Waals surface area (Å²) in [7, 11) is -4.25. The highest BCUT2D eigenvalue weighted by atomic mass is 32.2. The van der Waals surface area contributed by atoms with Crippen LogP contribution in [0.3, 0.4) is 0 Å². The summed E-state index contributed by atoms with van der Waals surface area (Å²) in [5, 5.41) is 36.6. The fraction of sp³-hybridized carbons (Fsp3) is 0.350. The highest BCUT2D eigenvalue weighted by Crippen LogP contribution is 2.34. The molecule has 186 valence electrons. The van der Waals surface area contributed by atoms with Crippen molar-refractivity contribution >= 4 is 10.0 Å². The normalized spacial score (nSPS) is 19.3. The van der Waals surface area contributed by atoms with Gasteiger partial charge in [0.1, 0.15) is 17.4 Å². The fourth-order valence-corrected chi connectivity index (χ4v) is 4.60. The summed E-state index contributed by atoms with van der Waals surface area (Å²) in [4.78, 5) is -0.560. The van der Waals surface area contributed by atoms with Crippen molar-refractivity contribution in [3.05, 3.63) is 59.2 Å². The van der Waals surface area contributed by atoms with Gasteiger partial charge in [-0.15, -0.1) is 0 Å². The standard InChI is InChI=1S/C13H13F3N2O4S.C7H5F3O/c14-13(15,16)10-1-2-11(9(5-10)6-17)23(21,22)18-4-3-12(20,7-18)8-19;8-7(9,10)5-1-3-6(11)4-2-5/h1-2,5,19-20H,3-4,7-8H2;1-4,11H. The molecule has 14 heteroatoms. The van der Waals surface area contributed by atoms with E-state index in [-0.39, 0.29) is 18.7 Å². The highest BCUT2D eigenvalue weighted by Gasteiger charge is 2.42. The second-order valence-electron chi connectivity index (χ2n) is 7.34. The van der Waals surface area contributed by atoms with E-state index in [0.717, 1.165) is 34.6 Å². The van der Waals surface area contributed by atoms with Gasteiger partial charge in [-0.2, -0.15) is 35.9 Å². The first kappa shape index (κ1) is 27.4. The number of halogens is 6. The molecule has 2 aromatic carbocycles. The topological polar surface area (TPSA) is 122 Å². The van der Waals surface area contributed by atoms with E-state index in [4.69, 9.17) is 15.5 Å². The Balaban J connectivity index is 0.000000310. The first-order valence-electron chi connectivity index (χ1n) is 9.34. The van der Waals surface area contributed by atoms with Gasteiger partial charge in [-0.25, -0.2) is 8.42 Å². The van der Waals surface area contributed by atoms with Gasteiger partial charge in [-0.05, 0) is 48.9 Å². The van der Waals surface area contributed by atoms with E-state index in [1.54, 1.807) is 0 Å². The third-order valence-corrected chi connectivity index (χ3v) is 6.73. The Labute approximate surface area is 190 Å². The van der Waals surface area contributed by atoms with Crippen LogP contribution in [-0.4, -0.2) is 53.3 Å². The van der Waals surface area contributed by atoms with E-state index in [9.17, 15) is 39.9 Å². The molecule has 1 heterocycles. The number of phenols is 1. The zero-order chi connectivity index (χ0) is 25.9. The van der Waals surface area contributed by atoms with Crippen LogP contribution in [-0.2, 0) is 22.4 Å². The van der Waals surface area contributed by atoms with Crippen LogP contribution in [0.25, 0.3) is 0 Å². The van der Waals surface area contributed by atoms with Crippen LogP contribution in [0, 0.1) is 11.3 Å². The molecule has 0 amide bonds. The number of β-amino-alcohol motifs (C(OH)–C–C–N with tert-alkyl or cyclic N) is 1. The Morgan fingerprint density at radius 1 is 1.00 bits per heavy atom. The Hall–Kier alpha value is -2.86. The van der Waals surface area contributed by atoms with Gasteiger partial charge in [0.15, 0.2) is 0 Å². The number of hydrogen-bond acceptors (Lipinski definition) is 6. The van der Waals surface area contributed by atoms with E-state index in [2.05, 4.69) is 0 Å². The molecule has 0 bridgehead atoms. The number of phenolic OH excluding ortho intramolecular Hbond substituents is 1. The number of aliphatic hydroxyl groups excluding tert-OH is 1. The zero-order valence-electron chi connectivity index (χ0n) is 17.1. The molecular weight excluding hydrogens is 494 g/mol. The van der Waals surface area contributed by atoms with Gasteiger partial charge in [0, 0.05) is 13.1 Å². The average molecular weight is 512 g/mol. The van der Waals surface area contributed by atoms with Gasteiger partial charge >= 0.3 is 12.4 Å². The van der Waals surface area contributed by atoms with Gasteiger partial charge < -0.3 is 15.3 Å². The largest absolute Gasteiger partial charge is 0.508 e. The molecule has 0 spiro atoms. The summed E-state index contributed by atoms with van der Waals surface area (Å²) >= 11 is 0. The van der Waals surface area contributed by atoms with Gasteiger partial charge in [-0.1, -0.05) is 0 Å². The summed E-state index contributed by atoms with van der Waals surface area (Å²) in [5.74, 6) is -0.169. The van der Waals surface area contributed by atoms with Crippen LogP contribution in [0.5, 0.6) is 5.75 Å². The molecule has 0 aromatic heterocycles. The van der Waals surface area contributed by atoms with Crippen LogP contribution in [0.1, 0.15) is 23.1 Å². The second kappa shape index (κ2) is 9.79. The number of nitriles is 1. The first-order chi connectivity index (χ1) is 15.5. The Morgan fingerprint density at radius 3 is 1.97 bits per heavy atom. The van der Waals surface area contributed by atoms with E-state index in [1.165, 1.54) is 6.07 Å². The number of sulfonamides is 1. The minimum atomic E-state index is -4.70. The third-order valence-electron chi connectivity index (χ3n) is 4.83. The highest BCUT2D eigenvalue weighted by molar-refractivity contribution is 7.89. The van der Waals surface area contributed by atoms with Crippen molar-refractivity contribution in [1.29, 1.82) is 5.26 Å². The SMILES string of the molecule is N#Cc1cc(C(F)(F)F)ccc1S(=O)(=O)N1CCC(O)(CO)C1.Oc1ccc(C(F)(F)F)cc1. The molecule has 2 aromatic rings. The number of rotatable bonds is 3. The van der Waals surface area contributed by atoms with Crippen molar-refractivity contribution in [1.82, 2.24) is 4.31 Å². The smallest absolute Gasteiger partial charge is 0.416 e. The predicted molar refractivity (Wildman–Crippen MR) is 105 cm³/mol. The molecule has 1 saturated heterocycles. The summed E-state index contributed by atoms with van der Waals surface area (Å²) in [6, 6.07) is 6.91. The minimum absolute atomic E-state index is 0.00868. The molecule has 0 radical (unpaired) electrons. The van der Waals surface area contributed by atoms with Crippen molar-refractivity contribution in [3.63, 3.8) is 0 Å². The monoisotopic (exact) mass is 512 g/mol. The molecule has 1 unspecified atom stereocenters. The third kappa shape index (κ3) is 6.38. The van der Waals surface area contributed by atoms with Crippen molar-refractivity contribution in [2.75, 3.05) is 19.7 Å². The Kier molecular flexibility index (Phi) is 7.88. The summed E-state index contributed by atoms with van der Waals surface area (Å²) in [6.45, 7) is -1.14. The maximum atomic E-state index is 12.7. The molecule has 1 atom stereocenters. The molecule has 3 rings (SSSR count). The molecule has 7 nitrogen and oxygen atoms in total. The van der Waals surface area contributed by atoms with Crippen LogP contribution in [0.4, 0.5) is 26.3 Å². The minimum Gasteiger partial charge on any atom is -0.508 e. The fourth-order valence-electron chi connectivity index (χ4n) is 2.96. The van der Waals surface area contributed by atoms with Crippen LogP contribution in [0.2, 0.25) is 0 Å². The van der Waals surface area contributed by atoms with Crippen molar-refractivity contribution in [2.45, 2.75) is 29.3 Å². The van der Waals surface area contributed by atoms with Crippen LogP contribution < -0.4 is 0 Å². The summed E-state index contributed by atoms with van der Waals surface area (Å²) in [6.07, 6.45) is -9.03. The van der Waals surface area contributed by atoms with Crippen molar-refractivity contribution in [2.24, 2.45) is 0 Å². The van der Waals surface area contributed by atoms with Crippen molar-refractivity contribution < 1.29 is 50.1 Å². The Morgan fingerprint density at radius 2 is 1.53 bits per heavy atom. The van der Waals surface area contributed by atoms with Gasteiger partial charge in [0.05, 0.1) is 28.2 Å². The number of nitrogens with zero attached hydrogens (tertiary/aromatic N) is 2. The van der Waals surface area contributed by atoms with Gasteiger partial charge in [-0.3, -0.25) is 0 Å². The molecule has 1 fully saturated rings. The molecule has 0 aliphatic carbocycles. The maximum Gasteiger partial charge on any atom is 0.416 e. The van der Waals surface area contributed by atoms with Gasteiger partial charge in [0.2, 0.25) is 10.0 Å². The van der Waals surface area contributed by atoms with Gasteiger partial charge in [0.25, 0.3) is 0 Å². The average Bonchev–Trinajstić information content (AvgIpc) is 3.16. The molecular formula is C20H18F6N2O5S.